The molecule has 5 unspecified atom stereocenters. The molecular formula is C17H26N4O3. The van der Waals surface area contributed by atoms with Crippen molar-refractivity contribution in [3.8, 4) is 0 Å². The van der Waals surface area contributed by atoms with E-state index in [1.807, 2.05) is 6.92 Å². The van der Waals surface area contributed by atoms with Crippen molar-refractivity contribution in [2.24, 2.45) is 34.4 Å². The summed E-state index contributed by atoms with van der Waals surface area (Å²) in [6.07, 6.45) is 5.81. The van der Waals surface area contributed by atoms with E-state index in [1.54, 1.807) is 7.11 Å². The lowest BCUT2D eigenvalue weighted by Gasteiger charge is -2.17. The van der Waals surface area contributed by atoms with Gasteiger partial charge in [-0.2, -0.15) is 0 Å². The third-order valence-corrected chi connectivity index (χ3v) is 5.19. The summed E-state index contributed by atoms with van der Waals surface area (Å²) in [7, 11) is 1.63. The van der Waals surface area contributed by atoms with Gasteiger partial charge in [0.15, 0.2) is 5.96 Å². The molecule has 7 nitrogen and oxygen atoms in total. The molecule has 0 spiro atoms. The number of fused-ring (bicyclic) bond motifs is 5. The number of hydrogen-bond donors (Lipinski definition) is 2. The van der Waals surface area contributed by atoms with Crippen LogP contribution in [0.5, 0.6) is 0 Å². The Morgan fingerprint density at radius 1 is 1.38 bits per heavy atom. The molecule has 1 heterocycles. The molecule has 0 radical (unpaired) electrons. The number of methoxy groups -OCH3 is 1. The molecule has 2 aliphatic carbocycles. The number of hydrogen-bond acceptors (Lipinski definition) is 4. The molecule has 1 aliphatic heterocycles. The van der Waals surface area contributed by atoms with E-state index in [1.165, 1.54) is 4.90 Å². The molecule has 24 heavy (non-hydrogen) atoms. The monoisotopic (exact) mass is 334 g/mol. The van der Waals surface area contributed by atoms with Gasteiger partial charge in [-0.1, -0.05) is 12.2 Å². The van der Waals surface area contributed by atoms with Crippen LogP contribution in [0.15, 0.2) is 17.1 Å². The SMILES string of the molecule is COCC(C)NC(N)=NCCCN1C(=O)C2C3C=CC(C3)C2C1=O. The third kappa shape index (κ3) is 3.05. The molecule has 2 bridgehead atoms. The van der Waals surface area contributed by atoms with Gasteiger partial charge in [-0.3, -0.25) is 19.5 Å². The third-order valence-electron chi connectivity index (χ3n) is 5.19. The molecule has 3 rings (SSSR count). The molecule has 1 saturated carbocycles. The average Bonchev–Trinajstić information content (AvgIpc) is 3.20. The van der Waals surface area contributed by atoms with Crippen molar-refractivity contribution in [3.05, 3.63) is 12.2 Å². The first kappa shape index (κ1) is 17.0. The molecule has 2 amide bonds. The van der Waals surface area contributed by atoms with Gasteiger partial charge < -0.3 is 15.8 Å². The minimum absolute atomic E-state index is 0.00523. The Hall–Kier alpha value is -1.89. The number of amides is 2. The number of carbonyl (C=O) groups is 2. The van der Waals surface area contributed by atoms with E-state index in [0.29, 0.717) is 32.1 Å². The van der Waals surface area contributed by atoms with E-state index < -0.39 is 0 Å². The lowest BCUT2D eigenvalue weighted by Crippen LogP contribution is -2.41. The van der Waals surface area contributed by atoms with Crippen LogP contribution in [0, 0.1) is 23.7 Å². The van der Waals surface area contributed by atoms with Crippen molar-refractivity contribution in [3.63, 3.8) is 0 Å². The maximum Gasteiger partial charge on any atom is 0.233 e. The van der Waals surface area contributed by atoms with Gasteiger partial charge in [-0.25, -0.2) is 0 Å². The fourth-order valence-electron chi connectivity index (χ4n) is 4.20. The van der Waals surface area contributed by atoms with Gasteiger partial charge in [0.25, 0.3) is 0 Å². The van der Waals surface area contributed by atoms with Gasteiger partial charge in [-0.05, 0) is 31.6 Å². The van der Waals surface area contributed by atoms with Crippen LogP contribution < -0.4 is 11.1 Å². The number of aliphatic imine (C=N–C) groups is 1. The number of imide groups is 1. The lowest BCUT2D eigenvalue weighted by atomic mass is 9.85. The molecule has 1 saturated heterocycles. The minimum atomic E-state index is -0.113. The molecule has 132 valence electrons. The summed E-state index contributed by atoms with van der Waals surface area (Å²) in [5, 5.41) is 3.03. The fraction of sp³-hybridized carbons (Fsp3) is 0.706. The summed E-state index contributed by atoms with van der Waals surface area (Å²) >= 11 is 0. The van der Waals surface area contributed by atoms with E-state index in [0.717, 1.165) is 6.42 Å². The van der Waals surface area contributed by atoms with Crippen molar-refractivity contribution in [2.45, 2.75) is 25.8 Å². The smallest absolute Gasteiger partial charge is 0.233 e. The molecule has 0 aromatic heterocycles. The first-order chi connectivity index (χ1) is 11.5. The summed E-state index contributed by atoms with van der Waals surface area (Å²) in [4.78, 5) is 30.7. The Labute approximate surface area is 142 Å². The van der Waals surface area contributed by atoms with Crippen LogP contribution >= 0.6 is 0 Å². The number of nitrogens with one attached hydrogen (secondary N) is 1. The Balaban J connectivity index is 1.46. The van der Waals surface area contributed by atoms with E-state index in [9.17, 15) is 9.59 Å². The molecule has 3 N–H and O–H groups in total. The predicted octanol–water partition coefficient (Wildman–Crippen LogP) is 0.123. The normalized spacial score (nSPS) is 32.6. The van der Waals surface area contributed by atoms with E-state index in [4.69, 9.17) is 10.5 Å². The first-order valence-electron chi connectivity index (χ1n) is 8.62. The molecular weight excluding hydrogens is 308 g/mol. The van der Waals surface area contributed by atoms with E-state index in [-0.39, 0.29) is 41.5 Å². The van der Waals surface area contributed by atoms with Gasteiger partial charge in [-0.15, -0.1) is 0 Å². The number of ether oxygens (including phenoxy) is 1. The van der Waals surface area contributed by atoms with Crippen LogP contribution in [-0.2, 0) is 14.3 Å². The molecule has 3 aliphatic rings. The summed E-state index contributed by atoms with van der Waals surface area (Å²) in [5.74, 6) is 0.674. The lowest BCUT2D eigenvalue weighted by molar-refractivity contribution is -0.140. The van der Waals surface area contributed by atoms with Crippen LogP contribution in [0.1, 0.15) is 19.8 Å². The topological polar surface area (TPSA) is 97.0 Å². The highest BCUT2D eigenvalue weighted by atomic mass is 16.5. The van der Waals surface area contributed by atoms with Gasteiger partial charge in [0.05, 0.1) is 18.4 Å². The zero-order valence-electron chi connectivity index (χ0n) is 14.3. The standard InChI is InChI=1S/C17H26N4O3/c1-10(9-24-2)20-17(18)19-6-3-7-21-15(22)13-11-4-5-12(8-11)14(13)16(21)23/h4-5,10-14H,3,6-9H2,1-2H3,(H3,18,19,20). The molecule has 5 atom stereocenters. The van der Waals surface area contributed by atoms with Crippen molar-refractivity contribution in [1.82, 2.24) is 10.2 Å². The van der Waals surface area contributed by atoms with Crippen LogP contribution in [-0.4, -0.2) is 55.5 Å². The Kier molecular flexibility index (Phi) is 4.89. The van der Waals surface area contributed by atoms with Crippen molar-refractivity contribution < 1.29 is 14.3 Å². The van der Waals surface area contributed by atoms with Crippen molar-refractivity contribution >= 4 is 17.8 Å². The minimum Gasteiger partial charge on any atom is -0.383 e. The van der Waals surface area contributed by atoms with Gasteiger partial charge >= 0.3 is 0 Å². The van der Waals surface area contributed by atoms with Crippen LogP contribution in [0.4, 0.5) is 0 Å². The molecule has 7 heteroatoms. The fourth-order valence-corrected chi connectivity index (χ4v) is 4.20. The molecule has 0 aromatic carbocycles. The number of allylic oxidation sites excluding steroid dienone is 2. The second-order valence-electron chi connectivity index (χ2n) is 6.95. The Bertz CT molecular complexity index is 544. The van der Waals surface area contributed by atoms with Gasteiger partial charge in [0.1, 0.15) is 0 Å². The van der Waals surface area contributed by atoms with E-state index in [2.05, 4.69) is 22.5 Å². The first-order valence-corrected chi connectivity index (χ1v) is 8.62. The second kappa shape index (κ2) is 6.93. The average molecular weight is 334 g/mol. The number of guanidine groups is 1. The van der Waals surface area contributed by atoms with Crippen molar-refractivity contribution in [2.75, 3.05) is 26.8 Å². The van der Waals surface area contributed by atoms with Crippen LogP contribution in [0.25, 0.3) is 0 Å². The van der Waals surface area contributed by atoms with Crippen LogP contribution in [0.3, 0.4) is 0 Å². The number of rotatable bonds is 7. The number of likely N-dealkylation sites (tertiary alicyclic amines) is 1. The number of nitrogens with zero attached hydrogens (tertiary/aromatic N) is 2. The zero-order valence-corrected chi connectivity index (χ0v) is 14.3. The summed E-state index contributed by atoms with van der Waals surface area (Å²) in [6, 6.07) is 0.0860. The van der Waals surface area contributed by atoms with Gasteiger partial charge in [0, 0.05) is 26.2 Å². The molecule has 0 aromatic rings. The predicted molar refractivity (Wildman–Crippen MR) is 90.0 cm³/mol. The summed E-state index contributed by atoms with van der Waals surface area (Å²) in [6.45, 7) is 3.41. The Morgan fingerprint density at radius 2 is 2.00 bits per heavy atom. The maximum absolute atomic E-state index is 12.5. The van der Waals surface area contributed by atoms with Crippen molar-refractivity contribution in [1.29, 1.82) is 0 Å². The largest absolute Gasteiger partial charge is 0.383 e. The van der Waals surface area contributed by atoms with E-state index >= 15 is 0 Å². The van der Waals surface area contributed by atoms with Crippen LogP contribution in [0.2, 0.25) is 0 Å². The number of nitrogens with two attached hydrogens (primary N) is 1. The Morgan fingerprint density at radius 3 is 2.58 bits per heavy atom. The summed E-state index contributed by atoms with van der Waals surface area (Å²) < 4.78 is 5.02. The highest BCUT2D eigenvalue weighted by Crippen LogP contribution is 2.52. The quantitative estimate of drug-likeness (QED) is 0.227. The zero-order chi connectivity index (χ0) is 17.3. The second-order valence-corrected chi connectivity index (χ2v) is 6.95. The highest BCUT2D eigenvalue weighted by Gasteiger charge is 2.58. The summed E-state index contributed by atoms with van der Waals surface area (Å²) in [5.41, 5.74) is 5.80. The maximum atomic E-state index is 12.5. The highest BCUT2D eigenvalue weighted by molar-refractivity contribution is 6.06. The molecule has 2 fully saturated rings. The number of carbonyl (C=O) groups excluding carboxylic acids is 2. The van der Waals surface area contributed by atoms with Gasteiger partial charge in [0.2, 0.25) is 11.8 Å².